The molecule has 3 aromatic carbocycles. The molecule has 0 spiro atoms. The van der Waals surface area contributed by atoms with Crippen LogP contribution < -0.4 is 19.7 Å². The van der Waals surface area contributed by atoms with Gasteiger partial charge in [-0.25, -0.2) is 0 Å². The second-order valence-corrected chi connectivity index (χ2v) is 7.09. The van der Waals surface area contributed by atoms with Crippen LogP contribution in [0.2, 0.25) is 0 Å². The van der Waals surface area contributed by atoms with E-state index in [2.05, 4.69) is 16.4 Å². The number of hydrogen-bond donors (Lipinski definition) is 2. The standard InChI is InChI=1S/C23H17N3O3/c27-23-16-6-2-4-8-19(16)25-22(17-12-24-18-7-3-1-5-15(17)18)26(23)14-9-10-20-21(11-14)29-13-28-20/h1-12,22,24-25H,13H2/t22-/m1/s1. The molecule has 2 aliphatic heterocycles. The molecule has 1 atom stereocenters. The Labute approximate surface area is 166 Å². The first kappa shape index (κ1) is 16.1. The number of aromatic amines is 1. The molecule has 3 heterocycles. The minimum absolute atomic E-state index is 0.0616. The van der Waals surface area contributed by atoms with Crippen molar-refractivity contribution in [2.75, 3.05) is 17.0 Å². The molecule has 6 nitrogen and oxygen atoms in total. The summed E-state index contributed by atoms with van der Waals surface area (Å²) >= 11 is 0. The zero-order chi connectivity index (χ0) is 19.4. The van der Waals surface area contributed by atoms with Crippen molar-refractivity contribution in [3.8, 4) is 11.5 Å². The van der Waals surface area contributed by atoms with E-state index >= 15 is 0 Å². The number of H-pyrrole nitrogens is 1. The SMILES string of the molecule is O=C1c2ccccc2N[C@@H](c2c[nH]c3ccccc23)N1c1ccc2c(c1)OCO2. The molecule has 0 fully saturated rings. The van der Waals surface area contributed by atoms with Crippen molar-refractivity contribution in [1.82, 2.24) is 4.98 Å². The van der Waals surface area contributed by atoms with Crippen LogP contribution in [0.4, 0.5) is 11.4 Å². The average Bonchev–Trinajstić information content (AvgIpc) is 3.40. The summed E-state index contributed by atoms with van der Waals surface area (Å²) < 4.78 is 11.0. The minimum atomic E-state index is -0.367. The van der Waals surface area contributed by atoms with Gasteiger partial charge in [-0.3, -0.25) is 9.69 Å². The second kappa shape index (κ2) is 6.04. The van der Waals surface area contributed by atoms with Crippen molar-refractivity contribution in [3.05, 3.63) is 84.1 Å². The number of carbonyl (C=O) groups is 1. The third-order valence-electron chi connectivity index (χ3n) is 5.48. The van der Waals surface area contributed by atoms with Crippen LogP contribution >= 0.6 is 0 Å². The smallest absolute Gasteiger partial charge is 0.262 e. The highest BCUT2D eigenvalue weighted by Crippen LogP contribution is 2.42. The predicted octanol–water partition coefficient (Wildman–Crippen LogP) is 4.67. The van der Waals surface area contributed by atoms with Crippen LogP contribution in [-0.2, 0) is 0 Å². The van der Waals surface area contributed by atoms with E-state index < -0.39 is 0 Å². The normalized spacial score (nSPS) is 17.3. The third-order valence-corrected chi connectivity index (χ3v) is 5.48. The molecule has 1 aromatic heterocycles. The quantitative estimate of drug-likeness (QED) is 0.528. The molecule has 0 unspecified atom stereocenters. The van der Waals surface area contributed by atoms with Crippen LogP contribution in [0.15, 0.2) is 72.9 Å². The number of ether oxygens (including phenoxy) is 2. The summed E-state index contributed by atoms with van der Waals surface area (Å²) in [5.41, 5.74) is 4.24. The van der Waals surface area contributed by atoms with Gasteiger partial charge in [0.15, 0.2) is 11.5 Å². The first-order chi connectivity index (χ1) is 14.3. The zero-order valence-corrected chi connectivity index (χ0v) is 15.4. The maximum absolute atomic E-state index is 13.6. The van der Waals surface area contributed by atoms with E-state index in [-0.39, 0.29) is 18.9 Å². The Morgan fingerprint density at radius 2 is 1.76 bits per heavy atom. The van der Waals surface area contributed by atoms with E-state index in [9.17, 15) is 4.79 Å². The predicted molar refractivity (Wildman–Crippen MR) is 110 cm³/mol. The first-order valence-electron chi connectivity index (χ1n) is 9.44. The van der Waals surface area contributed by atoms with Crippen molar-refractivity contribution in [1.29, 1.82) is 0 Å². The number of benzene rings is 3. The van der Waals surface area contributed by atoms with E-state index in [4.69, 9.17) is 9.47 Å². The van der Waals surface area contributed by atoms with Gasteiger partial charge in [-0.1, -0.05) is 30.3 Å². The summed E-state index contributed by atoms with van der Waals surface area (Å²) in [7, 11) is 0. The van der Waals surface area contributed by atoms with Crippen LogP contribution in [0.1, 0.15) is 22.1 Å². The molecule has 6 heteroatoms. The zero-order valence-electron chi connectivity index (χ0n) is 15.4. The van der Waals surface area contributed by atoms with Crippen LogP contribution in [-0.4, -0.2) is 17.7 Å². The Hall–Kier alpha value is -3.93. The lowest BCUT2D eigenvalue weighted by atomic mass is 10.0. The molecule has 0 saturated carbocycles. The van der Waals surface area contributed by atoms with E-state index in [0.29, 0.717) is 17.1 Å². The van der Waals surface area contributed by atoms with Gasteiger partial charge >= 0.3 is 0 Å². The van der Waals surface area contributed by atoms with Gasteiger partial charge in [-0.2, -0.15) is 0 Å². The molecule has 2 N–H and O–H groups in total. The molecule has 0 saturated heterocycles. The molecule has 1 amide bonds. The lowest BCUT2D eigenvalue weighted by molar-refractivity contribution is 0.0975. The van der Waals surface area contributed by atoms with E-state index in [0.717, 1.165) is 27.8 Å². The summed E-state index contributed by atoms with van der Waals surface area (Å²) in [6, 6.07) is 21.3. The largest absolute Gasteiger partial charge is 0.454 e. The van der Waals surface area contributed by atoms with E-state index in [1.807, 2.05) is 66.9 Å². The van der Waals surface area contributed by atoms with Gasteiger partial charge in [-0.05, 0) is 30.3 Å². The second-order valence-electron chi connectivity index (χ2n) is 7.09. The number of aromatic nitrogens is 1. The fourth-order valence-corrected chi connectivity index (χ4v) is 4.09. The highest BCUT2D eigenvalue weighted by molar-refractivity contribution is 6.12. The molecule has 142 valence electrons. The Bertz CT molecular complexity index is 1260. The maximum Gasteiger partial charge on any atom is 0.262 e. The molecule has 0 aliphatic carbocycles. The molecule has 4 aromatic rings. The van der Waals surface area contributed by atoms with Crippen molar-refractivity contribution >= 4 is 28.2 Å². The molecule has 29 heavy (non-hydrogen) atoms. The molecule has 0 bridgehead atoms. The summed E-state index contributed by atoms with van der Waals surface area (Å²) in [6.45, 7) is 0.194. The summed E-state index contributed by atoms with van der Waals surface area (Å²) in [6.07, 6.45) is 1.60. The fraction of sp³-hybridized carbons (Fsp3) is 0.0870. The van der Waals surface area contributed by atoms with Crippen LogP contribution in [0.25, 0.3) is 10.9 Å². The number of hydrogen-bond acceptors (Lipinski definition) is 4. The molecule has 2 aliphatic rings. The van der Waals surface area contributed by atoms with Crippen LogP contribution in [0.3, 0.4) is 0 Å². The number of nitrogens with one attached hydrogen (secondary N) is 2. The van der Waals surface area contributed by atoms with Gasteiger partial charge in [-0.15, -0.1) is 0 Å². The highest BCUT2D eigenvalue weighted by atomic mass is 16.7. The fourth-order valence-electron chi connectivity index (χ4n) is 4.09. The Balaban J connectivity index is 1.55. The van der Waals surface area contributed by atoms with E-state index in [1.54, 1.807) is 4.90 Å². The number of nitrogens with zero attached hydrogens (tertiary/aromatic N) is 1. The molecule has 6 rings (SSSR count). The summed E-state index contributed by atoms with van der Waals surface area (Å²) in [4.78, 5) is 18.7. The van der Waals surface area contributed by atoms with Gasteiger partial charge in [0.2, 0.25) is 6.79 Å². The van der Waals surface area contributed by atoms with Crippen molar-refractivity contribution in [2.24, 2.45) is 0 Å². The topological polar surface area (TPSA) is 66.6 Å². The van der Waals surface area contributed by atoms with Crippen molar-refractivity contribution in [3.63, 3.8) is 0 Å². The van der Waals surface area contributed by atoms with E-state index in [1.165, 1.54) is 0 Å². The Morgan fingerprint density at radius 3 is 2.72 bits per heavy atom. The number of rotatable bonds is 2. The molecular formula is C23H17N3O3. The minimum Gasteiger partial charge on any atom is -0.454 e. The van der Waals surface area contributed by atoms with Crippen molar-refractivity contribution in [2.45, 2.75) is 6.17 Å². The third kappa shape index (κ3) is 2.39. The number of para-hydroxylation sites is 2. The summed E-state index contributed by atoms with van der Waals surface area (Å²) in [5.74, 6) is 1.27. The van der Waals surface area contributed by atoms with Gasteiger partial charge in [0.05, 0.1) is 11.3 Å². The average molecular weight is 383 g/mol. The monoisotopic (exact) mass is 383 g/mol. The number of amides is 1. The van der Waals surface area contributed by atoms with Gasteiger partial charge in [0, 0.05) is 34.4 Å². The Morgan fingerprint density at radius 1 is 0.931 bits per heavy atom. The summed E-state index contributed by atoms with van der Waals surface area (Å²) in [5, 5.41) is 4.62. The lowest BCUT2D eigenvalue weighted by Crippen LogP contribution is -2.43. The number of anilines is 2. The van der Waals surface area contributed by atoms with Crippen molar-refractivity contribution < 1.29 is 14.3 Å². The Kier molecular flexibility index (Phi) is 3.34. The number of fused-ring (bicyclic) bond motifs is 3. The van der Waals surface area contributed by atoms with Gasteiger partial charge in [0.1, 0.15) is 6.17 Å². The lowest BCUT2D eigenvalue weighted by Gasteiger charge is -2.38. The van der Waals surface area contributed by atoms with Gasteiger partial charge in [0.25, 0.3) is 5.91 Å². The number of carbonyl (C=O) groups excluding carboxylic acids is 1. The van der Waals surface area contributed by atoms with Crippen LogP contribution in [0, 0.1) is 0 Å². The van der Waals surface area contributed by atoms with Gasteiger partial charge < -0.3 is 19.8 Å². The molecule has 0 radical (unpaired) electrons. The molecular weight excluding hydrogens is 366 g/mol. The maximum atomic E-state index is 13.6. The van der Waals surface area contributed by atoms with Crippen LogP contribution in [0.5, 0.6) is 11.5 Å². The highest BCUT2D eigenvalue weighted by Gasteiger charge is 2.35. The first-order valence-corrected chi connectivity index (χ1v) is 9.44.